The Morgan fingerprint density at radius 2 is 1.68 bits per heavy atom. The van der Waals surface area contributed by atoms with Gasteiger partial charge in [-0.1, -0.05) is 13.8 Å². The van der Waals surface area contributed by atoms with Gasteiger partial charge in [0.25, 0.3) is 0 Å². The summed E-state index contributed by atoms with van der Waals surface area (Å²) in [5.41, 5.74) is 0. The molecule has 19 heavy (non-hydrogen) atoms. The van der Waals surface area contributed by atoms with Gasteiger partial charge in [0.1, 0.15) is 0 Å². The Bertz CT molecular complexity index is 272. The van der Waals surface area contributed by atoms with E-state index in [2.05, 4.69) is 45.1 Å². The predicted molar refractivity (Wildman–Crippen MR) is 83.3 cm³/mol. The van der Waals surface area contributed by atoms with E-state index in [4.69, 9.17) is 0 Å². The Morgan fingerprint density at radius 3 is 2.21 bits per heavy atom. The molecule has 0 aromatic carbocycles. The molecule has 2 saturated carbocycles. The predicted octanol–water partition coefficient (Wildman–Crippen LogP) is 3.38. The van der Waals surface area contributed by atoms with E-state index in [0.717, 1.165) is 35.8 Å². The van der Waals surface area contributed by atoms with Crippen molar-refractivity contribution in [3.05, 3.63) is 0 Å². The third-order valence-electron chi connectivity index (χ3n) is 5.86. The first-order valence-electron chi connectivity index (χ1n) is 8.40. The maximum atomic E-state index is 3.58. The van der Waals surface area contributed by atoms with Crippen LogP contribution in [0.25, 0.3) is 0 Å². The van der Waals surface area contributed by atoms with Crippen molar-refractivity contribution in [3.8, 4) is 0 Å². The Morgan fingerprint density at radius 1 is 1.05 bits per heavy atom. The first kappa shape index (κ1) is 15.3. The molecule has 2 aliphatic carbocycles. The van der Waals surface area contributed by atoms with Crippen LogP contribution in [0.1, 0.15) is 52.9 Å². The fourth-order valence-corrected chi connectivity index (χ4v) is 3.96. The maximum absolute atomic E-state index is 3.58. The van der Waals surface area contributed by atoms with Crippen LogP contribution < -0.4 is 5.32 Å². The van der Waals surface area contributed by atoms with Crippen molar-refractivity contribution in [1.29, 1.82) is 0 Å². The molecular weight excluding hydrogens is 232 g/mol. The second kappa shape index (κ2) is 6.58. The smallest absolute Gasteiger partial charge is 0.0105 e. The normalized spacial score (nSPS) is 33.9. The van der Waals surface area contributed by atoms with Crippen LogP contribution in [0.5, 0.6) is 0 Å². The molecule has 2 nitrogen and oxygen atoms in total. The highest BCUT2D eigenvalue weighted by Crippen LogP contribution is 2.37. The Hall–Kier alpha value is -0.0800. The van der Waals surface area contributed by atoms with E-state index in [0.29, 0.717) is 0 Å². The average Bonchev–Trinajstić information content (AvgIpc) is 3.21. The molecule has 0 radical (unpaired) electrons. The topological polar surface area (TPSA) is 15.3 Å². The lowest BCUT2D eigenvalue weighted by molar-refractivity contribution is 0.115. The summed E-state index contributed by atoms with van der Waals surface area (Å²) in [7, 11) is 4.49. The molecule has 112 valence electrons. The third-order valence-corrected chi connectivity index (χ3v) is 5.86. The van der Waals surface area contributed by atoms with Crippen molar-refractivity contribution in [1.82, 2.24) is 10.2 Å². The Labute approximate surface area is 120 Å². The number of rotatable bonds is 6. The number of nitrogens with one attached hydrogen (secondary N) is 1. The van der Waals surface area contributed by atoms with Gasteiger partial charge in [0.2, 0.25) is 0 Å². The van der Waals surface area contributed by atoms with Gasteiger partial charge in [0.05, 0.1) is 0 Å². The highest BCUT2D eigenvalue weighted by molar-refractivity contribution is 4.89. The van der Waals surface area contributed by atoms with E-state index in [9.17, 15) is 0 Å². The molecule has 0 amide bonds. The summed E-state index contributed by atoms with van der Waals surface area (Å²) in [4.78, 5) is 2.63. The van der Waals surface area contributed by atoms with E-state index in [1.165, 1.54) is 38.6 Å². The number of hydrogen-bond acceptors (Lipinski definition) is 2. The molecule has 0 aromatic rings. The van der Waals surface area contributed by atoms with Crippen LogP contribution in [0.3, 0.4) is 0 Å². The summed E-state index contributed by atoms with van der Waals surface area (Å²) in [6, 6.07) is 1.53. The van der Waals surface area contributed by atoms with E-state index in [-0.39, 0.29) is 0 Å². The molecular formula is C17H34N2. The Kier molecular flexibility index (Phi) is 5.30. The van der Waals surface area contributed by atoms with E-state index < -0.39 is 0 Å². The largest absolute Gasteiger partial charge is 0.317 e. The highest BCUT2D eigenvalue weighted by Gasteiger charge is 2.35. The maximum Gasteiger partial charge on any atom is 0.0105 e. The minimum absolute atomic E-state index is 0.740. The van der Waals surface area contributed by atoms with Crippen molar-refractivity contribution < 1.29 is 0 Å². The minimum atomic E-state index is 0.740. The summed E-state index contributed by atoms with van der Waals surface area (Å²) in [6.45, 7) is 8.51. The molecule has 4 atom stereocenters. The van der Waals surface area contributed by atoms with E-state index in [1.54, 1.807) is 0 Å². The standard InChI is InChI=1S/C17H34N2/c1-12(2)15-8-9-17(18-4)16(10-15)11-19(5)13(3)14-6-7-14/h12-18H,6-11H2,1-5H3. The molecule has 0 aromatic heterocycles. The summed E-state index contributed by atoms with van der Waals surface area (Å²) in [5.74, 6) is 3.63. The molecule has 4 unspecified atom stereocenters. The van der Waals surface area contributed by atoms with Gasteiger partial charge in [0.15, 0.2) is 0 Å². The van der Waals surface area contributed by atoms with E-state index >= 15 is 0 Å². The van der Waals surface area contributed by atoms with Crippen LogP contribution in [0.15, 0.2) is 0 Å². The molecule has 0 saturated heterocycles. The van der Waals surface area contributed by atoms with Gasteiger partial charge in [-0.25, -0.2) is 0 Å². The molecule has 2 aliphatic rings. The zero-order valence-electron chi connectivity index (χ0n) is 13.7. The molecule has 0 aliphatic heterocycles. The molecule has 0 spiro atoms. The van der Waals surface area contributed by atoms with Crippen molar-refractivity contribution in [3.63, 3.8) is 0 Å². The third kappa shape index (κ3) is 3.95. The lowest BCUT2D eigenvalue weighted by Gasteiger charge is -2.40. The van der Waals surface area contributed by atoms with Crippen LogP contribution in [0, 0.1) is 23.7 Å². The molecule has 2 rings (SSSR count). The lowest BCUT2D eigenvalue weighted by Crippen LogP contribution is -2.46. The van der Waals surface area contributed by atoms with Crippen molar-refractivity contribution in [2.75, 3.05) is 20.6 Å². The second-order valence-corrected chi connectivity index (χ2v) is 7.49. The van der Waals surface area contributed by atoms with E-state index in [1.807, 2.05) is 0 Å². The molecule has 1 N–H and O–H groups in total. The molecule has 0 bridgehead atoms. The van der Waals surface area contributed by atoms with Gasteiger partial charge in [0, 0.05) is 18.6 Å². The monoisotopic (exact) mass is 266 g/mol. The van der Waals surface area contributed by atoms with Gasteiger partial charge in [-0.2, -0.15) is 0 Å². The molecule has 0 heterocycles. The van der Waals surface area contributed by atoms with Gasteiger partial charge < -0.3 is 10.2 Å². The van der Waals surface area contributed by atoms with Gasteiger partial charge >= 0.3 is 0 Å². The number of nitrogens with zero attached hydrogens (tertiary/aromatic N) is 1. The van der Waals surface area contributed by atoms with Gasteiger partial charge in [-0.3, -0.25) is 0 Å². The molecule has 2 fully saturated rings. The lowest BCUT2D eigenvalue weighted by atomic mass is 9.73. The summed E-state index contributed by atoms with van der Waals surface area (Å²) in [6.07, 6.45) is 7.13. The fourth-order valence-electron chi connectivity index (χ4n) is 3.96. The summed E-state index contributed by atoms with van der Waals surface area (Å²) >= 11 is 0. The zero-order chi connectivity index (χ0) is 14.0. The van der Waals surface area contributed by atoms with Crippen LogP contribution in [0.2, 0.25) is 0 Å². The minimum Gasteiger partial charge on any atom is -0.317 e. The first-order valence-corrected chi connectivity index (χ1v) is 8.40. The van der Waals surface area contributed by atoms with Crippen LogP contribution in [0.4, 0.5) is 0 Å². The Balaban J connectivity index is 1.89. The summed E-state index contributed by atoms with van der Waals surface area (Å²) in [5, 5.41) is 3.58. The van der Waals surface area contributed by atoms with Crippen molar-refractivity contribution in [2.24, 2.45) is 23.7 Å². The van der Waals surface area contributed by atoms with Gasteiger partial charge in [-0.05, 0) is 76.8 Å². The first-order chi connectivity index (χ1) is 9.02. The molecule has 2 heteroatoms. The highest BCUT2D eigenvalue weighted by atomic mass is 15.1. The van der Waals surface area contributed by atoms with Crippen LogP contribution in [-0.2, 0) is 0 Å². The van der Waals surface area contributed by atoms with Crippen LogP contribution >= 0.6 is 0 Å². The average molecular weight is 266 g/mol. The number of hydrogen-bond donors (Lipinski definition) is 1. The SMILES string of the molecule is CNC1CCC(C(C)C)CC1CN(C)C(C)C1CC1. The van der Waals surface area contributed by atoms with Crippen LogP contribution in [-0.4, -0.2) is 37.6 Å². The van der Waals surface area contributed by atoms with Gasteiger partial charge in [-0.15, -0.1) is 0 Å². The summed E-state index contributed by atoms with van der Waals surface area (Å²) < 4.78 is 0. The quantitative estimate of drug-likeness (QED) is 0.793. The second-order valence-electron chi connectivity index (χ2n) is 7.49. The van der Waals surface area contributed by atoms with Crippen molar-refractivity contribution in [2.45, 2.75) is 65.0 Å². The zero-order valence-corrected chi connectivity index (χ0v) is 13.7. The fraction of sp³-hybridized carbons (Fsp3) is 1.00. The van der Waals surface area contributed by atoms with Crippen molar-refractivity contribution >= 4 is 0 Å².